The highest BCUT2D eigenvalue weighted by Crippen LogP contribution is 2.28. The number of benzene rings is 1. The van der Waals surface area contributed by atoms with Crippen molar-refractivity contribution in [1.82, 2.24) is 9.97 Å². The van der Waals surface area contributed by atoms with Crippen molar-refractivity contribution in [2.24, 2.45) is 0 Å². The zero-order valence-corrected chi connectivity index (χ0v) is 12.9. The minimum absolute atomic E-state index is 0.552. The first-order valence-electron chi connectivity index (χ1n) is 5.76. The van der Waals surface area contributed by atoms with Crippen LogP contribution in [0.1, 0.15) is 12.7 Å². The van der Waals surface area contributed by atoms with Gasteiger partial charge in [-0.15, -0.1) is 0 Å². The van der Waals surface area contributed by atoms with E-state index in [1.807, 2.05) is 25.1 Å². The molecule has 0 atom stereocenters. The van der Waals surface area contributed by atoms with Gasteiger partial charge >= 0.3 is 0 Å². The molecule has 2 aromatic rings. The van der Waals surface area contributed by atoms with Crippen molar-refractivity contribution in [2.75, 3.05) is 12.4 Å². The highest BCUT2D eigenvalue weighted by Gasteiger charge is 2.05. The molecule has 0 saturated carbocycles. The molecule has 19 heavy (non-hydrogen) atoms. The molecule has 4 nitrogen and oxygen atoms in total. The van der Waals surface area contributed by atoms with Gasteiger partial charge in [0.2, 0.25) is 0 Å². The standard InChI is InChI=1S/C13H13BrClN3O/c1-3-12-17-11(14)7-13(18-12)16-8-4-5-10(19-2)9(15)6-8/h4-7H,3H2,1-2H3,(H,16,17,18). The highest BCUT2D eigenvalue weighted by atomic mass is 79.9. The maximum absolute atomic E-state index is 6.08. The van der Waals surface area contributed by atoms with Gasteiger partial charge in [0.1, 0.15) is 22.0 Å². The lowest BCUT2D eigenvalue weighted by atomic mass is 10.3. The molecule has 0 saturated heterocycles. The summed E-state index contributed by atoms with van der Waals surface area (Å²) in [5, 5.41) is 3.74. The lowest BCUT2D eigenvalue weighted by Crippen LogP contribution is -1.99. The van der Waals surface area contributed by atoms with E-state index < -0.39 is 0 Å². The van der Waals surface area contributed by atoms with E-state index >= 15 is 0 Å². The van der Waals surface area contributed by atoms with Gasteiger partial charge in [0.05, 0.1) is 12.1 Å². The molecule has 0 fully saturated rings. The molecule has 1 aromatic carbocycles. The Kier molecular flexibility index (Phi) is 4.61. The Hall–Kier alpha value is -1.33. The molecule has 0 bridgehead atoms. The number of nitrogens with one attached hydrogen (secondary N) is 1. The van der Waals surface area contributed by atoms with Crippen molar-refractivity contribution in [2.45, 2.75) is 13.3 Å². The van der Waals surface area contributed by atoms with Crippen LogP contribution in [0.3, 0.4) is 0 Å². The van der Waals surface area contributed by atoms with Crippen LogP contribution in [-0.4, -0.2) is 17.1 Å². The van der Waals surface area contributed by atoms with Gasteiger partial charge in [-0.25, -0.2) is 9.97 Å². The van der Waals surface area contributed by atoms with E-state index in [2.05, 4.69) is 31.2 Å². The number of nitrogens with zero attached hydrogens (tertiary/aromatic N) is 2. The zero-order chi connectivity index (χ0) is 13.8. The van der Waals surface area contributed by atoms with Crippen LogP contribution < -0.4 is 10.1 Å². The molecule has 0 spiro atoms. The predicted molar refractivity (Wildman–Crippen MR) is 80.4 cm³/mol. The van der Waals surface area contributed by atoms with Gasteiger partial charge in [0.15, 0.2) is 0 Å². The Morgan fingerprint density at radius 1 is 1.32 bits per heavy atom. The smallest absolute Gasteiger partial charge is 0.137 e. The highest BCUT2D eigenvalue weighted by molar-refractivity contribution is 9.10. The lowest BCUT2D eigenvalue weighted by Gasteiger charge is -2.09. The molecule has 0 aliphatic rings. The fourth-order valence-electron chi connectivity index (χ4n) is 1.58. The van der Waals surface area contributed by atoms with Crippen molar-refractivity contribution in [3.63, 3.8) is 0 Å². The van der Waals surface area contributed by atoms with Gasteiger partial charge in [-0.2, -0.15) is 0 Å². The van der Waals surface area contributed by atoms with Crippen molar-refractivity contribution in [3.8, 4) is 5.75 Å². The number of hydrogen-bond donors (Lipinski definition) is 1. The van der Waals surface area contributed by atoms with E-state index in [1.165, 1.54) is 0 Å². The Bertz CT molecular complexity index is 592. The Morgan fingerprint density at radius 3 is 2.74 bits per heavy atom. The van der Waals surface area contributed by atoms with Crippen LogP contribution in [0.25, 0.3) is 0 Å². The molecular weight excluding hydrogens is 330 g/mol. The third-order valence-corrected chi connectivity index (χ3v) is 3.18. The number of methoxy groups -OCH3 is 1. The first-order chi connectivity index (χ1) is 9.12. The second kappa shape index (κ2) is 6.21. The zero-order valence-electron chi connectivity index (χ0n) is 10.6. The molecule has 1 aromatic heterocycles. The van der Waals surface area contributed by atoms with Crippen molar-refractivity contribution in [1.29, 1.82) is 0 Å². The topological polar surface area (TPSA) is 47.0 Å². The average Bonchev–Trinajstić information content (AvgIpc) is 2.38. The summed E-state index contributed by atoms with van der Waals surface area (Å²) in [6, 6.07) is 7.30. The second-order valence-corrected chi connectivity index (χ2v) is 5.04. The van der Waals surface area contributed by atoms with Crippen LogP contribution in [0.4, 0.5) is 11.5 Å². The summed E-state index contributed by atoms with van der Waals surface area (Å²) >= 11 is 9.45. The van der Waals surface area contributed by atoms with Crippen molar-refractivity contribution >= 4 is 39.0 Å². The molecule has 100 valence electrons. The summed E-state index contributed by atoms with van der Waals surface area (Å²) < 4.78 is 5.86. The van der Waals surface area contributed by atoms with E-state index in [9.17, 15) is 0 Å². The molecule has 0 aliphatic carbocycles. The minimum atomic E-state index is 0.552. The van der Waals surface area contributed by atoms with Gasteiger partial charge in [-0.1, -0.05) is 18.5 Å². The van der Waals surface area contributed by atoms with Crippen molar-refractivity contribution in [3.05, 3.63) is 39.7 Å². The largest absolute Gasteiger partial charge is 0.495 e. The number of hydrogen-bond acceptors (Lipinski definition) is 4. The summed E-state index contributed by atoms with van der Waals surface area (Å²) in [6.07, 6.45) is 0.775. The molecule has 6 heteroatoms. The average molecular weight is 343 g/mol. The van der Waals surface area contributed by atoms with E-state index in [4.69, 9.17) is 16.3 Å². The summed E-state index contributed by atoms with van der Waals surface area (Å²) in [5.74, 6) is 2.14. The second-order valence-electron chi connectivity index (χ2n) is 3.82. The number of rotatable bonds is 4. The Morgan fingerprint density at radius 2 is 2.11 bits per heavy atom. The van der Waals surface area contributed by atoms with Crippen LogP contribution in [-0.2, 0) is 6.42 Å². The van der Waals surface area contributed by atoms with Gasteiger partial charge in [0, 0.05) is 18.2 Å². The monoisotopic (exact) mass is 341 g/mol. The van der Waals surface area contributed by atoms with Crippen LogP contribution in [0.15, 0.2) is 28.9 Å². The van der Waals surface area contributed by atoms with Crippen LogP contribution in [0.5, 0.6) is 5.75 Å². The Balaban J connectivity index is 2.25. The van der Waals surface area contributed by atoms with Crippen molar-refractivity contribution < 1.29 is 4.74 Å². The maximum atomic E-state index is 6.08. The number of aromatic nitrogens is 2. The third kappa shape index (κ3) is 3.58. The molecule has 1 heterocycles. The number of ether oxygens (including phenoxy) is 1. The number of anilines is 2. The molecule has 0 aliphatic heterocycles. The van der Waals surface area contributed by atoms with Crippen LogP contribution >= 0.6 is 27.5 Å². The summed E-state index contributed by atoms with van der Waals surface area (Å²) in [6.45, 7) is 2.01. The molecule has 2 rings (SSSR count). The normalized spacial score (nSPS) is 10.3. The van der Waals surface area contributed by atoms with Gasteiger partial charge in [-0.05, 0) is 34.1 Å². The number of halogens is 2. The first kappa shape index (κ1) is 14.1. The Labute approximate surface area is 125 Å². The van der Waals surface area contributed by atoms with Gasteiger partial charge in [-0.3, -0.25) is 0 Å². The van der Waals surface area contributed by atoms with E-state index in [0.29, 0.717) is 10.8 Å². The van der Waals surface area contributed by atoms with E-state index in [1.54, 1.807) is 13.2 Å². The quantitative estimate of drug-likeness (QED) is 0.846. The fraction of sp³-hybridized carbons (Fsp3) is 0.231. The van der Waals surface area contributed by atoms with Gasteiger partial charge < -0.3 is 10.1 Å². The summed E-state index contributed by atoms with van der Waals surface area (Å²) in [4.78, 5) is 8.65. The SMILES string of the molecule is CCc1nc(Br)cc(Nc2ccc(OC)c(Cl)c2)n1. The van der Waals surface area contributed by atoms with Crippen LogP contribution in [0, 0.1) is 0 Å². The summed E-state index contributed by atoms with van der Waals surface area (Å²) in [7, 11) is 1.59. The molecular formula is C13H13BrClN3O. The van der Waals surface area contributed by atoms with Gasteiger partial charge in [0.25, 0.3) is 0 Å². The fourth-order valence-corrected chi connectivity index (χ4v) is 2.26. The first-order valence-corrected chi connectivity index (χ1v) is 6.93. The van der Waals surface area contributed by atoms with Crippen LogP contribution in [0.2, 0.25) is 5.02 Å². The maximum Gasteiger partial charge on any atom is 0.137 e. The van der Waals surface area contributed by atoms with E-state index in [-0.39, 0.29) is 0 Å². The third-order valence-electron chi connectivity index (χ3n) is 2.48. The molecule has 0 radical (unpaired) electrons. The summed E-state index contributed by atoms with van der Waals surface area (Å²) in [5.41, 5.74) is 0.846. The minimum Gasteiger partial charge on any atom is -0.495 e. The molecule has 0 unspecified atom stereocenters. The lowest BCUT2D eigenvalue weighted by molar-refractivity contribution is 0.415. The van der Waals surface area contributed by atoms with E-state index in [0.717, 1.165) is 28.4 Å². The number of aryl methyl sites for hydroxylation is 1. The predicted octanol–water partition coefficient (Wildman–Crippen LogP) is 4.21. The molecule has 0 amide bonds. The molecule has 1 N–H and O–H groups in total.